The van der Waals surface area contributed by atoms with Crippen molar-refractivity contribution in [3.8, 4) is 5.75 Å². The number of rotatable bonds is 4. The van der Waals surface area contributed by atoms with E-state index in [0.29, 0.717) is 30.8 Å². The van der Waals surface area contributed by atoms with Crippen molar-refractivity contribution >= 4 is 16.6 Å². The SMILES string of the molecule is CCOc1ccc(F)cc1C(=O)C1CC2CCCC(C1)S2=O. The lowest BCUT2D eigenvalue weighted by Crippen LogP contribution is -2.41. The molecule has 0 saturated carbocycles. The van der Waals surface area contributed by atoms with Gasteiger partial charge in [-0.25, -0.2) is 4.39 Å². The van der Waals surface area contributed by atoms with E-state index >= 15 is 0 Å². The molecule has 0 aliphatic carbocycles. The highest BCUT2D eigenvalue weighted by molar-refractivity contribution is 7.86. The number of ether oxygens (including phenoxy) is 1. The molecular weight excluding hydrogens is 303 g/mol. The van der Waals surface area contributed by atoms with Crippen LogP contribution in [0, 0.1) is 11.7 Å². The summed E-state index contributed by atoms with van der Waals surface area (Å²) in [5.74, 6) is -0.192. The summed E-state index contributed by atoms with van der Waals surface area (Å²) in [7, 11) is -0.800. The van der Waals surface area contributed by atoms with E-state index in [1.165, 1.54) is 18.2 Å². The Bertz CT molecular complexity index is 586. The van der Waals surface area contributed by atoms with E-state index in [0.717, 1.165) is 19.3 Å². The lowest BCUT2D eigenvalue weighted by molar-refractivity contribution is 0.0891. The van der Waals surface area contributed by atoms with Gasteiger partial charge in [0.1, 0.15) is 11.6 Å². The third-order valence-electron chi connectivity index (χ3n) is 4.68. The first-order chi connectivity index (χ1) is 10.6. The second kappa shape index (κ2) is 6.49. The van der Waals surface area contributed by atoms with Crippen molar-refractivity contribution in [2.45, 2.75) is 49.5 Å². The second-order valence-corrected chi connectivity index (χ2v) is 8.10. The Morgan fingerprint density at radius 2 is 2.00 bits per heavy atom. The minimum atomic E-state index is -0.800. The zero-order valence-corrected chi connectivity index (χ0v) is 13.5. The molecule has 5 heteroatoms. The summed E-state index contributed by atoms with van der Waals surface area (Å²) in [5, 5.41) is 0.260. The van der Waals surface area contributed by atoms with Gasteiger partial charge in [-0.2, -0.15) is 0 Å². The van der Waals surface area contributed by atoms with Crippen molar-refractivity contribution < 1.29 is 18.1 Å². The Balaban J connectivity index is 1.85. The van der Waals surface area contributed by atoms with Crippen molar-refractivity contribution in [2.75, 3.05) is 6.61 Å². The van der Waals surface area contributed by atoms with Crippen molar-refractivity contribution in [2.24, 2.45) is 5.92 Å². The number of fused-ring (bicyclic) bond motifs is 2. The fourth-order valence-electron chi connectivity index (χ4n) is 3.64. The number of halogens is 1. The van der Waals surface area contributed by atoms with Gasteiger partial charge in [0.25, 0.3) is 0 Å². The number of carbonyl (C=O) groups is 1. The van der Waals surface area contributed by atoms with Crippen LogP contribution in [0.2, 0.25) is 0 Å². The van der Waals surface area contributed by atoms with Crippen LogP contribution in [0.25, 0.3) is 0 Å². The van der Waals surface area contributed by atoms with Crippen LogP contribution in [0.1, 0.15) is 49.4 Å². The molecule has 2 bridgehead atoms. The molecule has 2 atom stereocenters. The molecule has 2 saturated heterocycles. The molecule has 1 aromatic carbocycles. The summed E-state index contributed by atoms with van der Waals surface area (Å²) < 4.78 is 31.3. The van der Waals surface area contributed by atoms with Crippen LogP contribution < -0.4 is 4.74 Å². The molecule has 0 amide bonds. The predicted molar refractivity (Wildman–Crippen MR) is 84.2 cm³/mol. The van der Waals surface area contributed by atoms with E-state index in [4.69, 9.17) is 4.74 Å². The normalized spacial score (nSPS) is 30.8. The Hall–Kier alpha value is -1.23. The molecule has 2 unspecified atom stereocenters. The van der Waals surface area contributed by atoms with Gasteiger partial charge in [-0.1, -0.05) is 6.42 Å². The van der Waals surface area contributed by atoms with Crippen LogP contribution >= 0.6 is 0 Å². The quantitative estimate of drug-likeness (QED) is 0.796. The Morgan fingerprint density at radius 1 is 1.32 bits per heavy atom. The fraction of sp³-hybridized carbons (Fsp3) is 0.588. The number of hydrogen-bond donors (Lipinski definition) is 0. The lowest BCUT2D eigenvalue weighted by atomic mass is 9.84. The van der Waals surface area contributed by atoms with E-state index < -0.39 is 16.6 Å². The highest BCUT2D eigenvalue weighted by atomic mass is 32.2. The maximum Gasteiger partial charge on any atom is 0.169 e. The van der Waals surface area contributed by atoms with Crippen molar-refractivity contribution in [1.82, 2.24) is 0 Å². The molecule has 3 nitrogen and oxygen atoms in total. The molecular formula is C17H21FO3S. The van der Waals surface area contributed by atoms with Gasteiger partial charge in [0.15, 0.2) is 5.78 Å². The topological polar surface area (TPSA) is 43.4 Å². The molecule has 0 spiro atoms. The second-order valence-electron chi connectivity index (χ2n) is 6.11. The van der Waals surface area contributed by atoms with Crippen LogP contribution in [0.3, 0.4) is 0 Å². The first kappa shape index (κ1) is 15.7. The number of Topliss-reactive ketones (excluding diaryl/α,β-unsaturated/α-hetero) is 1. The predicted octanol–water partition coefficient (Wildman–Crippen LogP) is 3.49. The first-order valence-corrected chi connectivity index (χ1v) is 9.23. The maximum atomic E-state index is 13.6. The van der Waals surface area contributed by atoms with E-state index in [9.17, 15) is 13.4 Å². The summed E-state index contributed by atoms with van der Waals surface area (Å²) in [6, 6.07) is 4.11. The average molecular weight is 324 g/mol. The minimum absolute atomic E-state index is 0.0587. The van der Waals surface area contributed by atoms with Gasteiger partial charge in [-0.3, -0.25) is 9.00 Å². The van der Waals surface area contributed by atoms with E-state index in [1.54, 1.807) is 0 Å². The zero-order valence-electron chi connectivity index (χ0n) is 12.7. The van der Waals surface area contributed by atoms with Gasteiger partial charge in [-0.15, -0.1) is 0 Å². The Labute approximate surface area is 132 Å². The van der Waals surface area contributed by atoms with Crippen molar-refractivity contribution in [3.63, 3.8) is 0 Å². The van der Waals surface area contributed by atoms with Crippen LogP contribution in [0.4, 0.5) is 4.39 Å². The molecule has 1 aromatic rings. The molecule has 2 aliphatic heterocycles. The summed E-state index contributed by atoms with van der Waals surface area (Å²) in [4.78, 5) is 12.8. The average Bonchev–Trinajstić information content (AvgIpc) is 2.48. The minimum Gasteiger partial charge on any atom is -0.493 e. The zero-order chi connectivity index (χ0) is 15.7. The molecule has 2 fully saturated rings. The number of ketones is 1. The largest absolute Gasteiger partial charge is 0.493 e. The number of benzene rings is 1. The van der Waals surface area contributed by atoms with Gasteiger partial charge in [0.05, 0.1) is 12.2 Å². The molecule has 2 aliphatic rings. The van der Waals surface area contributed by atoms with Gasteiger partial charge < -0.3 is 4.74 Å². The third-order valence-corrected chi connectivity index (χ3v) is 6.85. The van der Waals surface area contributed by atoms with Crippen LogP contribution in [0.15, 0.2) is 18.2 Å². The fourth-order valence-corrected chi connectivity index (χ4v) is 5.83. The van der Waals surface area contributed by atoms with Gasteiger partial charge in [0, 0.05) is 27.2 Å². The Morgan fingerprint density at radius 3 is 2.64 bits per heavy atom. The van der Waals surface area contributed by atoms with Crippen molar-refractivity contribution in [1.29, 1.82) is 0 Å². The lowest BCUT2D eigenvalue weighted by Gasteiger charge is -2.37. The highest BCUT2D eigenvalue weighted by Crippen LogP contribution is 2.39. The van der Waals surface area contributed by atoms with Crippen LogP contribution in [0.5, 0.6) is 5.75 Å². The summed E-state index contributed by atoms with van der Waals surface area (Å²) in [6.45, 7) is 2.28. The molecule has 22 heavy (non-hydrogen) atoms. The summed E-state index contributed by atoms with van der Waals surface area (Å²) in [5.41, 5.74) is 0.331. The van der Waals surface area contributed by atoms with Crippen LogP contribution in [-0.4, -0.2) is 27.1 Å². The van der Waals surface area contributed by atoms with E-state index in [-0.39, 0.29) is 22.2 Å². The number of carbonyl (C=O) groups excluding carboxylic acids is 1. The molecule has 0 aromatic heterocycles. The molecule has 3 rings (SSSR count). The van der Waals surface area contributed by atoms with Gasteiger partial charge in [-0.05, 0) is 50.8 Å². The third kappa shape index (κ3) is 2.96. The standard InChI is InChI=1S/C17H21FO3S/c1-2-21-16-7-6-12(18)10-15(16)17(19)11-8-13-4-3-5-14(9-11)22(13)20/h6-7,10-11,13-14H,2-5,8-9H2,1H3. The van der Waals surface area contributed by atoms with Gasteiger partial charge >= 0.3 is 0 Å². The molecule has 2 heterocycles. The van der Waals surface area contributed by atoms with Gasteiger partial charge in [0.2, 0.25) is 0 Å². The summed E-state index contributed by atoms with van der Waals surface area (Å²) >= 11 is 0. The highest BCUT2D eigenvalue weighted by Gasteiger charge is 2.41. The first-order valence-electron chi connectivity index (χ1n) is 7.96. The monoisotopic (exact) mass is 324 g/mol. The van der Waals surface area contributed by atoms with Crippen LogP contribution in [-0.2, 0) is 10.8 Å². The van der Waals surface area contributed by atoms with Crippen molar-refractivity contribution in [3.05, 3.63) is 29.6 Å². The Kier molecular flexibility index (Phi) is 4.62. The molecule has 0 radical (unpaired) electrons. The smallest absolute Gasteiger partial charge is 0.169 e. The number of hydrogen-bond acceptors (Lipinski definition) is 3. The maximum absolute atomic E-state index is 13.6. The van der Waals surface area contributed by atoms with E-state index in [2.05, 4.69) is 0 Å². The van der Waals surface area contributed by atoms with E-state index in [1.807, 2.05) is 6.92 Å². The summed E-state index contributed by atoms with van der Waals surface area (Å²) in [6.07, 6.45) is 4.29. The molecule has 120 valence electrons. The molecule has 0 N–H and O–H groups in total.